The number of hydrogen-bond donors (Lipinski definition) is 2. The van der Waals surface area contributed by atoms with Gasteiger partial charge in [0.1, 0.15) is 0 Å². The van der Waals surface area contributed by atoms with Gasteiger partial charge in [-0.05, 0) is 37.3 Å². The average molecular weight is 344 g/mol. The third-order valence-electron chi connectivity index (χ3n) is 5.06. The molecule has 0 bridgehead atoms. The molecule has 0 aromatic carbocycles. The summed E-state index contributed by atoms with van der Waals surface area (Å²) in [6.45, 7) is 1.42. The highest BCUT2D eigenvalue weighted by molar-refractivity contribution is 5.86. The number of pyridine rings is 1. The molecule has 2 unspecified atom stereocenters. The van der Waals surface area contributed by atoms with E-state index >= 15 is 0 Å². The molecule has 1 saturated carbocycles. The van der Waals surface area contributed by atoms with Gasteiger partial charge in [-0.25, -0.2) is 0 Å². The first kappa shape index (κ1) is 17.9. The fourth-order valence-corrected chi connectivity index (χ4v) is 3.31. The lowest BCUT2D eigenvalue weighted by Crippen LogP contribution is -2.42. The third-order valence-corrected chi connectivity index (χ3v) is 5.06. The molecular weight excluding hydrogens is 316 g/mol. The summed E-state index contributed by atoms with van der Waals surface area (Å²) in [6.07, 6.45) is 8.80. The molecule has 1 aromatic rings. The molecule has 1 aromatic heterocycles. The van der Waals surface area contributed by atoms with Crippen LogP contribution in [0.25, 0.3) is 0 Å². The Morgan fingerprint density at radius 1 is 1.28 bits per heavy atom. The van der Waals surface area contributed by atoms with E-state index in [2.05, 4.69) is 15.6 Å². The van der Waals surface area contributed by atoms with Crippen molar-refractivity contribution in [1.29, 1.82) is 0 Å². The Bertz CT molecular complexity index is 588. The molecule has 2 fully saturated rings. The Morgan fingerprint density at radius 3 is 2.84 bits per heavy atom. The highest BCUT2D eigenvalue weighted by atomic mass is 16.2. The number of hydrogen-bond acceptors (Lipinski definition) is 4. The number of nitrogens with one attached hydrogen (secondary N) is 2. The van der Waals surface area contributed by atoms with Crippen molar-refractivity contribution in [2.45, 2.75) is 57.2 Å². The van der Waals surface area contributed by atoms with Gasteiger partial charge in [0.25, 0.3) is 0 Å². The second-order valence-corrected chi connectivity index (χ2v) is 7.33. The Morgan fingerprint density at radius 2 is 2.12 bits per heavy atom. The van der Waals surface area contributed by atoms with Crippen molar-refractivity contribution in [3.05, 3.63) is 30.1 Å². The maximum absolute atomic E-state index is 12.5. The summed E-state index contributed by atoms with van der Waals surface area (Å²) in [5, 5.41) is 6.59. The average Bonchev–Trinajstić information content (AvgIpc) is 3.41. The number of carbonyl (C=O) groups is 2. The monoisotopic (exact) mass is 344 g/mol. The van der Waals surface area contributed by atoms with Gasteiger partial charge in [0.15, 0.2) is 0 Å². The van der Waals surface area contributed by atoms with Crippen molar-refractivity contribution in [2.75, 3.05) is 13.6 Å². The topological polar surface area (TPSA) is 74.3 Å². The van der Waals surface area contributed by atoms with E-state index in [9.17, 15) is 9.59 Å². The van der Waals surface area contributed by atoms with Crippen LogP contribution in [0.3, 0.4) is 0 Å². The van der Waals surface area contributed by atoms with Crippen LogP contribution in [0.5, 0.6) is 0 Å². The molecule has 136 valence electrons. The zero-order valence-corrected chi connectivity index (χ0v) is 14.9. The van der Waals surface area contributed by atoms with E-state index in [0.717, 1.165) is 44.2 Å². The Kier molecular flexibility index (Phi) is 6.02. The van der Waals surface area contributed by atoms with E-state index in [1.54, 1.807) is 11.1 Å². The van der Waals surface area contributed by atoms with E-state index in [0.29, 0.717) is 19.0 Å². The van der Waals surface area contributed by atoms with Crippen LogP contribution >= 0.6 is 0 Å². The van der Waals surface area contributed by atoms with Gasteiger partial charge >= 0.3 is 0 Å². The summed E-state index contributed by atoms with van der Waals surface area (Å²) >= 11 is 0. The molecule has 0 radical (unpaired) electrons. The summed E-state index contributed by atoms with van der Waals surface area (Å²) in [5.74, 6) is -0.0651. The summed E-state index contributed by atoms with van der Waals surface area (Å²) in [7, 11) is 1.84. The molecule has 2 atom stereocenters. The van der Waals surface area contributed by atoms with E-state index in [1.807, 2.05) is 25.4 Å². The van der Waals surface area contributed by atoms with Gasteiger partial charge < -0.3 is 15.5 Å². The molecule has 1 saturated heterocycles. The van der Waals surface area contributed by atoms with E-state index in [-0.39, 0.29) is 23.8 Å². The molecule has 2 heterocycles. The predicted octanol–water partition coefficient (Wildman–Crippen LogP) is 1.47. The summed E-state index contributed by atoms with van der Waals surface area (Å²) in [4.78, 5) is 30.7. The second kappa shape index (κ2) is 8.43. The normalized spacial score (nSPS) is 25.0. The number of carbonyl (C=O) groups excluding carboxylic acids is 2. The highest BCUT2D eigenvalue weighted by Gasteiger charge is 2.30. The number of aromatic nitrogens is 1. The van der Waals surface area contributed by atoms with Crippen molar-refractivity contribution < 1.29 is 9.59 Å². The number of nitrogens with zero attached hydrogens (tertiary/aromatic N) is 2. The van der Waals surface area contributed by atoms with Crippen LogP contribution < -0.4 is 10.6 Å². The molecular formula is C19H28N4O2. The van der Waals surface area contributed by atoms with Crippen LogP contribution in [0.1, 0.15) is 44.1 Å². The lowest BCUT2D eigenvalue weighted by Gasteiger charge is -2.24. The van der Waals surface area contributed by atoms with E-state index < -0.39 is 0 Å². The van der Waals surface area contributed by atoms with Gasteiger partial charge in [-0.1, -0.05) is 12.5 Å². The zero-order chi connectivity index (χ0) is 17.6. The van der Waals surface area contributed by atoms with Crippen LogP contribution in [0.15, 0.2) is 24.5 Å². The summed E-state index contributed by atoms with van der Waals surface area (Å²) in [6, 6.07) is 4.56. The van der Waals surface area contributed by atoms with Crippen LogP contribution in [0.4, 0.5) is 0 Å². The van der Waals surface area contributed by atoms with Gasteiger partial charge in [-0.15, -0.1) is 0 Å². The molecule has 2 aliphatic rings. The minimum atomic E-state index is -0.187. The third kappa shape index (κ3) is 5.53. The first-order chi connectivity index (χ1) is 12.1. The van der Waals surface area contributed by atoms with Gasteiger partial charge in [0, 0.05) is 57.0 Å². The molecule has 2 N–H and O–H groups in total. The summed E-state index contributed by atoms with van der Waals surface area (Å²) < 4.78 is 0. The van der Waals surface area contributed by atoms with E-state index in [1.165, 1.54) is 0 Å². The number of amides is 2. The van der Waals surface area contributed by atoms with Gasteiger partial charge in [-0.2, -0.15) is 0 Å². The number of likely N-dealkylation sites (N-methyl/N-ethyl adjacent to an activating group) is 1. The van der Waals surface area contributed by atoms with E-state index in [4.69, 9.17) is 0 Å². The second-order valence-electron chi connectivity index (χ2n) is 7.33. The van der Waals surface area contributed by atoms with Crippen LogP contribution in [0, 0.1) is 5.92 Å². The first-order valence-corrected chi connectivity index (χ1v) is 9.28. The fraction of sp³-hybridized carbons (Fsp3) is 0.632. The number of rotatable bonds is 5. The van der Waals surface area contributed by atoms with Crippen molar-refractivity contribution in [2.24, 2.45) is 5.92 Å². The summed E-state index contributed by atoms with van der Waals surface area (Å²) in [5.41, 5.74) is 1.14. The standard InChI is InChI=1S/C19H28N4O2/c1-23-13-17(21-12-14-4-3-9-20-11-14)6-2-5-15(10-18(23)24)19(25)22-16-7-8-16/h3-4,9,11,15-17,21H,2,5-8,10,12-13H2,1H3,(H,22,25). The molecule has 1 aliphatic carbocycles. The van der Waals surface area contributed by atoms with Crippen LogP contribution in [0.2, 0.25) is 0 Å². The minimum absolute atomic E-state index is 0.0611. The molecule has 1 aliphatic heterocycles. The Balaban J connectivity index is 1.55. The van der Waals surface area contributed by atoms with Gasteiger partial charge in [0.2, 0.25) is 11.8 Å². The molecule has 25 heavy (non-hydrogen) atoms. The fourth-order valence-electron chi connectivity index (χ4n) is 3.31. The first-order valence-electron chi connectivity index (χ1n) is 9.28. The van der Waals surface area contributed by atoms with Gasteiger partial charge in [-0.3, -0.25) is 14.6 Å². The largest absolute Gasteiger partial charge is 0.353 e. The van der Waals surface area contributed by atoms with Crippen molar-refractivity contribution in [1.82, 2.24) is 20.5 Å². The molecule has 0 spiro atoms. The van der Waals surface area contributed by atoms with Crippen LogP contribution in [-0.2, 0) is 16.1 Å². The Hall–Kier alpha value is -1.95. The molecule has 6 nitrogen and oxygen atoms in total. The molecule has 2 amide bonds. The van der Waals surface area contributed by atoms with Gasteiger partial charge in [0.05, 0.1) is 0 Å². The SMILES string of the molecule is CN1CC(NCc2cccnc2)CCCC(C(=O)NC2CC2)CC1=O. The maximum atomic E-state index is 12.5. The maximum Gasteiger partial charge on any atom is 0.223 e. The highest BCUT2D eigenvalue weighted by Crippen LogP contribution is 2.23. The molecule has 3 rings (SSSR count). The van der Waals surface area contributed by atoms with Crippen molar-refractivity contribution in [3.63, 3.8) is 0 Å². The van der Waals surface area contributed by atoms with Crippen molar-refractivity contribution in [3.8, 4) is 0 Å². The lowest BCUT2D eigenvalue weighted by molar-refractivity contribution is -0.135. The zero-order valence-electron chi connectivity index (χ0n) is 14.9. The smallest absolute Gasteiger partial charge is 0.223 e. The van der Waals surface area contributed by atoms with Crippen molar-refractivity contribution >= 4 is 11.8 Å². The predicted molar refractivity (Wildman–Crippen MR) is 95.6 cm³/mol. The molecule has 6 heteroatoms. The quantitative estimate of drug-likeness (QED) is 0.848. The minimum Gasteiger partial charge on any atom is -0.353 e. The lowest BCUT2D eigenvalue weighted by atomic mass is 9.96. The Labute approximate surface area is 149 Å². The van der Waals surface area contributed by atoms with Crippen LogP contribution in [-0.4, -0.2) is 47.4 Å².